The van der Waals surface area contributed by atoms with Crippen molar-refractivity contribution in [1.82, 2.24) is 4.98 Å². The molecule has 1 atom stereocenters. The summed E-state index contributed by atoms with van der Waals surface area (Å²) >= 11 is 0. The van der Waals surface area contributed by atoms with Crippen molar-refractivity contribution in [3.63, 3.8) is 0 Å². The highest BCUT2D eigenvalue weighted by Gasteiger charge is 2.18. The Balaban J connectivity index is 2.62. The van der Waals surface area contributed by atoms with Crippen molar-refractivity contribution in [2.24, 2.45) is 0 Å². The van der Waals surface area contributed by atoms with Crippen molar-refractivity contribution in [2.45, 2.75) is 12.5 Å². The van der Waals surface area contributed by atoms with E-state index < -0.39 is 5.60 Å². The average Bonchev–Trinajstić information content (AvgIpc) is 2.27. The number of anilines is 1. The van der Waals surface area contributed by atoms with Gasteiger partial charge in [-0.2, -0.15) is 5.26 Å². The lowest BCUT2D eigenvalue weighted by Gasteiger charge is -2.20. The van der Waals surface area contributed by atoms with Gasteiger partial charge in [-0.1, -0.05) is 0 Å². The summed E-state index contributed by atoms with van der Waals surface area (Å²) in [5.74, 6) is 0.503. The van der Waals surface area contributed by atoms with Gasteiger partial charge in [0.05, 0.1) is 18.2 Å². The molecule has 80 valence electrons. The van der Waals surface area contributed by atoms with Crippen LogP contribution in [-0.4, -0.2) is 33.9 Å². The Kier molecular flexibility index (Phi) is 3.61. The monoisotopic (exact) mass is 207 g/mol. The van der Waals surface area contributed by atoms with E-state index in [2.05, 4.69) is 10.3 Å². The van der Waals surface area contributed by atoms with Crippen LogP contribution in [0.5, 0.6) is 0 Å². The number of rotatable bonds is 4. The maximum Gasteiger partial charge on any atom is 0.127 e. The maximum atomic E-state index is 9.51. The van der Waals surface area contributed by atoms with Gasteiger partial charge in [-0.05, 0) is 19.1 Å². The van der Waals surface area contributed by atoms with E-state index in [1.807, 2.05) is 6.07 Å². The maximum absolute atomic E-state index is 9.51. The topological polar surface area (TPSA) is 89.2 Å². The number of aromatic nitrogens is 1. The van der Waals surface area contributed by atoms with Gasteiger partial charge < -0.3 is 15.5 Å². The van der Waals surface area contributed by atoms with Crippen LogP contribution in [0, 0.1) is 11.3 Å². The second kappa shape index (κ2) is 4.73. The zero-order chi connectivity index (χ0) is 11.3. The van der Waals surface area contributed by atoms with E-state index in [1.54, 1.807) is 12.1 Å². The van der Waals surface area contributed by atoms with Gasteiger partial charge in [-0.15, -0.1) is 0 Å². The van der Waals surface area contributed by atoms with Crippen LogP contribution in [-0.2, 0) is 0 Å². The smallest absolute Gasteiger partial charge is 0.127 e. The van der Waals surface area contributed by atoms with Crippen LogP contribution in [0.3, 0.4) is 0 Å². The summed E-state index contributed by atoms with van der Waals surface area (Å²) in [5.41, 5.74) is -0.694. The molecule has 0 aliphatic rings. The lowest BCUT2D eigenvalue weighted by molar-refractivity contribution is 0.0132. The standard InChI is InChI=1S/C10H13N3O2/c1-10(15,7-14)6-13-9-4-8(5-11)2-3-12-9/h2-4,14-15H,6-7H2,1H3,(H,12,13). The summed E-state index contributed by atoms with van der Waals surface area (Å²) in [6, 6.07) is 5.16. The fourth-order valence-electron chi connectivity index (χ4n) is 0.934. The SMILES string of the molecule is CC(O)(CO)CNc1cc(C#N)ccn1. The Bertz CT molecular complexity index is 371. The van der Waals surface area contributed by atoms with E-state index in [0.29, 0.717) is 11.4 Å². The first-order valence-electron chi connectivity index (χ1n) is 4.51. The van der Waals surface area contributed by atoms with Crippen molar-refractivity contribution >= 4 is 5.82 Å². The number of hydrogen-bond donors (Lipinski definition) is 3. The first-order chi connectivity index (χ1) is 7.07. The highest BCUT2D eigenvalue weighted by molar-refractivity contribution is 5.42. The summed E-state index contributed by atoms with van der Waals surface area (Å²) in [6.45, 7) is 1.34. The second-order valence-electron chi connectivity index (χ2n) is 3.55. The molecule has 5 heteroatoms. The largest absolute Gasteiger partial charge is 0.393 e. The first kappa shape index (κ1) is 11.4. The van der Waals surface area contributed by atoms with Crippen molar-refractivity contribution in [1.29, 1.82) is 5.26 Å². The third kappa shape index (κ3) is 3.54. The molecule has 1 aromatic rings. The van der Waals surface area contributed by atoms with Crippen LogP contribution in [0.2, 0.25) is 0 Å². The molecule has 1 unspecified atom stereocenters. The molecule has 0 aliphatic heterocycles. The van der Waals surface area contributed by atoms with Crippen molar-refractivity contribution < 1.29 is 10.2 Å². The van der Waals surface area contributed by atoms with Gasteiger partial charge in [0, 0.05) is 12.7 Å². The number of pyridine rings is 1. The first-order valence-corrected chi connectivity index (χ1v) is 4.51. The van der Waals surface area contributed by atoms with Gasteiger partial charge in [0.2, 0.25) is 0 Å². The number of nitrogens with one attached hydrogen (secondary N) is 1. The Morgan fingerprint density at radius 2 is 2.40 bits per heavy atom. The molecule has 1 rings (SSSR count). The molecule has 15 heavy (non-hydrogen) atoms. The highest BCUT2D eigenvalue weighted by atomic mass is 16.3. The second-order valence-corrected chi connectivity index (χ2v) is 3.55. The average molecular weight is 207 g/mol. The number of nitriles is 1. The molecule has 5 nitrogen and oxygen atoms in total. The molecule has 0 bridgehead atoms. The highest BCUT2D eigenvalue weighted by Crippen LogP contribution is 2.08. The molecule has 0 radical (unpaired) electrons. The molecular formula is C10H13N3O2. The molecule has 0 aromatic carbocycles. The summed E-state index contributed by atoms with van der Waals surface area (Å²) in [5, 5.41) is 29.8. The van der Waals surface area contributed by atoms with Gasteiger partial charge in [0.15, 0.2) is 0 Å². The number of aliphatic hydroxyl groups is 2. The fraction of sp³-hybridized carbons (Fsp3) is 0.400. The summed E-state index contributed by atoms with van der Waals surface area (Å²) < 4.78 is 0. The zero-order valence-electron chi connectivity index (χ0n) is 8.44. The predicted octanol–water partition coefficient (Wildman–Crippen LogP) is 0.108. The zero-order valence-corrected chi connectivity index (χ0v) is 8.44. The van der Waals surface area contributed by atoms with E-state index in [4.69, 9.17) is 10.4 Å². The quantitative estimate of drug-likeness (QED) is 0.652. The molecular weight excluding hydrogens is 194 g/mol. The van der Waals surface area contributed by atoms with Crippen LogP contribution < -0.4 is 5.32 Å². The van der Waals surface area contributed by atoms with E-state index in [1.165, 1.54) is 13.1 Å². The summed E-state index contributed by atoms with van der Waals surface area (Å²) in [4.78, 5) is 3.97. The molecule has 0 amide bonds. The van der Waals surface area contributed by atoms with Crippen LogP contribution >= 0.6 is 0 Å². The molecule has 0 saturated carbocycles. The van der Waals surface area contributed by atoms with Crippen LogP contribution in [0.15, 0.2) is 18.3 Å². The molecule has 1 aromatic heterocycles. The molecule has 1 heterocycles. The third-order valence-electron chi connectivity index (χ3n) is 1.88. The van der Waals surface area contributed by atoms with E-state index in [-0.39, 0.29) is 13.2 Å². The van der Waals surface area contributed by atoms with Crippen LogP contribution in [0.25, 0.3) is 0 Å². The predicted molar refractivity (Wildman–Crippen MR) is 55.2 cm³/mol. The Labute approximate surface area is 88.0 Å². The van der Waals surface area contributed by atoms with Crippen molar-refractivity contribution in [2.75, 3.05) is 18.5 Å². The van der Waals surface area contributed by atoms with Crippen molar-refractivity contribution in [3.8, 4) is 6.07 Å². The normalized spacial score (nSPS) is 14.0. The molecule has 0 aliphatic carbocycles. The fourth-order valence-corrected chi connectivity index (χ4v) is 0.934. The van der Waals surface area contributed by atoms with E-state index >= 15 is 0 Å². The van der Waals surface area contributed by atoms with Gasteiger partial charge >= 0.3 is 0 Å². The number of aliphatic hydroxyl groups excluding tert-OH is 1. The number of nitrogens with zero attached hydrogens (tertiary/aromatic N) is 2. The molecule has 0 spiro atoms. The van der Waals surface area contributed by atoms with E-state index in [0.717, 1.165) is 0 Å². The lowest BCUT2D eigenvalue weighted by atomic mass is 10.1. The van der Waals surface area contributed by atoms with Gasteiger partial charge in [0.1, 0.15) is 11.4 Å². The van der Waals surface area contributed by atoms with Gasteiger partial charge in [0.25, 0.3) is 0 Å². The minimum atomic E-state index is -1.19. The molecule has 0 saturated heterocycles. The summed E-state index contributed by atoms with van der Waals surface area (Å²) in [6.07, 6.45) is 1.51. The van der Waals surface area contributed by atoms with Crippen LogP contribution in [0.4, 0.5) is 5.82 Å². The van der Waals surface area contributed by atoms with Gasteiger partial charge in [-0.25, -0.2) is 4.98 Å². The lowest BCUT2D eigenvalue weighted by Crippen LogP contribution is -2.37. The van der Waals surface area contributed by atoms with Crippen molar-refractivity contribution in [3.05, 3.63) is 23.9 Å². The van der Waals surface area contributed by atoms with E-state index in [9.17, 15) is 5.11 Å². The number of hydrogen-bond acceptors (Lipinski definition) is 5. The Hall–Kier alpha value is -1.64. The van der Waals surface area contributed by atoms with Crippen LogP contribution in [0.1, 0.15) is 12.5 Å². The van der Waals surface area contributed by atoms with Gasteiger partial charge in [-0.3, -0.25) is 0 Å². The molecule has 3 N–H and O–H groups in total. The Morgan fingerprint density at radius 1 is 1.67 bits per heavy atom. The third-order valence-corrected chi connectivity index (χ3v) is 1.88. The molecule has 0 fully saturated rings. The minimum Gasteiger partial charge on any atom is -0.393 e. The Morgan fingerprint density at radius 3 is 3.00 bits per heavy atom. The summed E-state index contributed by atoms with van der Waals surface area (Å²) in [7, 11) is 0. The minimum absolute atomic E-state index is 0.172.